The Kier molecular flexibility index (Phi) is 5.97. The van der Waals surface area contributed by atoms with Gasteiger partial charge in [0.05, 0.1) is 12.5 Å². The Bertz CT molecular complexity index is 845. The van der Waals surface area contributed by atoms with Crippen molar-refractivity contribution in [2.24, 2.45) is 5.41 Å². The van der Waals surface area contributed by atoms with E-state index in [0.29, 0.717) is 31.5 Å². The minimum Gasteiger partial charge on any atom is -0.497 e. The molecule has 0 bridgehead atoms. The molecule has 1 heterocycles. The van der Waals surface area contributed by atoms with Crippen molar-refractivity contribution < 1.29 is 18.7 Å². The lowest BCUT2D eigenvalue weighted by Gasteiger charge is -2.49. The highest BCUT2D eigenvalue weighted by Gasteiger charge is 2.50. The molecule has 5 nitrogen and oxygen atoms in total. The highest BCUT2D eigenvalue weighted by Crippen LogP contribution is 2.35. The van der Waals surface area contributed by atoms with E-state index in [-0.39, 0.29) is 24.1 Å². The van der Waals surface area contributed by atoms with Crippen LogP contribution in [0.15, 0.2) is 48.5 Å². The lowest BCUT2D eigenvalue weighted by Crippen LogP contribution is -2.65. The van der Waals surface area contributed by atoms with Crippen molar-refractivity contribution in [2.45, 2.75) is 19.3 Å². The molecule has 1 fully saturated rings. The second-order valence-corrected chi connectivity index (χ2v) is 7.23. The van der Waals surface area contributed by atoms with E-state index < -0.39 is 5.41 Å². The van der Waals surface area contributed by atoms with Gasteiger partial charge in [0.2, 0.25) is 11.8 Å². The van der Waals surface area contributed by atoms with E-state index in [1.165, 1.54) is 6.07 Å². The van der Waals surface area contributed by atoms with Gasteiger partial charge in [0.25, 0.3) is 0 Å². The van der Waals surface area contributed by atoms with Gasteiger partial charge in [0.15, 0.2) is 0 Å². The van der Waals surface area contributed by atoms with Crippen molar-refractivity contribution in [3.63, 3.8) is 0 Å². The maximum atomic E-state index is 14.0. The summed E-state index contributed by atoms with van der Waals surface area (Å²) in [4.78, 5) is 26.7. The Morgan fingerprint density at radius 2 is 1.82 bits per heavy atom. The molecule has 0 aromatic heterocycles. The SMILES string of the molecule is CNC(=O)C1(Cc2ccccc2F)CN(C(=O)CCc2ccc(OC)cc2)C1. The number of likely N-dealkylation sites (tertiary alicyclic amines) is 1. The number of aryl methyl sites for hydroxylation is 1. The predicted molar refractivity (Wildman–Crippen MR) is 104 cm³/mol. The van der Waals surface area contributed by atoms with Crippen molar-refractivity contribution >= 4 is 11.8 Å². The molecule has 2 aromatic carbocycles. The van der Waals surface area contributed by atoms with Crippen LogP contribution in [0.2, 0.25) is 0 Å². The average molecular weight is 384 g/mol. The van der Waals surface area contributed by atoms with Crippen molar-refractivity contribution in [2.75, 3.05) is 27.2 Å². The van der Waals surface area contributed by atoms with Crippen LogP contribution in [-0.2, 0) is 22.4 Å². The summed E-state index contributed by atoms with van der Waals surface area (Å²) in [6.07, 6.45) is 1.27. The summed E-state index contributed by atoms with van der Waals surface area (Å²) >= 11 is 0. The van der Waals surface area contributed by atoms with E-state index in [1.54, 1.807) is 37.3 Å². The maximum absolute atomic E-state index is 14.0. The fourth-order valence-electron chi connectivity index (χ4n) is 3.67. The van der Waals surface area contributed by atoms with Crippen LogP contribution in [0.3, 0.4) is 0 Å². The lowest BCUT2D eigenvalue weighted by atomic mass is 9.73. The highest BCUT2D eigenvalue weighted by molar-refractivity contribution is 5.88. The molecular formula is C22H25FN2O3. The van der Waals surface area contributed by atoms with Gasteiger partial charge in [0, 0.05) is 26.6 Å². The number of amides is 2. The number of halogens is 1. The molecule has 0 unspecified atom stereocenters. The van der Waals surface area contributed by atoms with Gasteiger partial charge in [-0.2, -0.15) is 0 Å². The fourth-order valence-corrected chi connectivity index (χ4v) is 3.67. The van der Waals surface area contributed by atoms with Crippen LogP contribution in [0.25, 0.3) is 0 Å². The van der Waals surface area contributed by atoms with Gasteiger partial charge in [-0.15, -0.1) is 0 Å². The van der Waals surface area contributed by atoms with E-state index in [2.05, 4.69) is 5.32 Å². The molecule has 0 saturated carbocycles. The number of benzene rings is 2. The lowest BCUT2D eigenvalue weighted by molar-refractivity contribution is -0.153. The van der Waals surface area contributed by atoms with Crippen LogP contribution in [0.4, 0.5) is 4.39 Å². The number of hydrogen-bond donors (Lipinski definition) is 1. The topological polar surface area (TPSA) is 58.6 Å². The van der Waals surface area contributed by atoms with Gasteiger partial charge in [-0.05, 0) is 42.2 Å². The first kappa shape index (κ1) is 19.9. The number of nitrogens with one attached hydrogen (secondary N) is 1. The van der Waals surface area contributed by atoms with Crippen LogP contribution in [0.5, 0.6) is 5.75 Å². The number of rotatable bonds is 7. The first-order valence-electron chi connectivity index (χ1n) is 9.34. The second kappa shape index (κ2) is 8.42. The fraction of sp³-hybridized carbons (Fsp3) is 0.364. The number of ether oxygens (including phenoxy) is 1. The molecule has 0 radical (unpaired) electrons. The number of carbonyl (C=O) groups is 2. The third-order valence-corrected chi connectivity index (χ3v) is 5.32. The van der Waals surface area contributed by atoms with E-state index in [9.17, 15) is 14.0 Å². The molecule has 0 spiro atoms. The third-order valence-electron chi connectivity index (χ3n) is 5.32. The standard InChI is InChI=1S/C22H25FN2O3/c1-24-21(27)22(13-17-5-3-4-6-19(17)23)14-25(15-22)20(26)12-9-16-7-10-18(28-2)11-8-16/h3-8,10-11H,9,12-15H2,1-2H3,(H,24,27). The Labute approximate surface area is 164 Å². The molecule has 1 aliphatic heterocycles. The predicted octanol–water partition coefficient (Wildman–Crippen LogP) is 2.58. The van der Waals surface area contributed by atoms with Gasteiger partial charge >= 0.3 is 0 Å². The molecule has 2 aromatic rings. The minimum atomic E-state index is -0.771. The molecule has 0 atom stereocenters. The summed E-state index contributed by atoms with van der Waals surface area (Å²) in [5, 5.41) is 2.66. The molecule has 6 heteroatoms. The first-order valence-corrected chi connectivity index (χ1v) is 9.34. The molecule has 2 amide bonds. The molecular weight excluding hydrogens is 359 g/mol. The van der Waals surface area contributed by atoms with Crippen molar-refractivity contribution in [3.8, 4) is 5.75 Å². The number of carbonyl (C=O) groups excluding carboxylic acids is 2. The maximum Gasteiger partial charge on any atom is 0.229 e. The average Bonchev–Trinajstić information content (AvgIpc) is 2.69. The minimum absolute atomic E-state index is 0.00359. The summed E-state index contributed by atoms with van der Waals surface area (Å²) in [7, 11) is 3.18. The molecule has 148 valence electrons. The van der Waals surface area contributed by atoms with E-state index in [0.717, 1.165) is 11.3 Å². The monoisotopic (exact) mass is 384 g/mol. The summed E-state index contributed by atoms with van der Waals surface area (Å²) in [5.74, 6) is 0.301. The van der Waals surface area contributed by atoms with Crippen molar-refractivity contribution in [1.29, 1.82) is 0 Å². The molecule has 0 aliphatic carbocycles. The molecule has 1 aliphatic rings. The summed E-state index contributed by atoms with van der Waals surface area (Å²) < 4.78 is 19.2. The largest absolute Gasteiger partial charge is 0.497 e. The molecule has 1 N–H and O–H groups in total. The highest BCUT2D eigenvalue weighted by atomic mass is 19.1. The van der Waals surface area contributed by atoms with Gasteiger partial charge in [-0.3, -0.25) is 9.59 Å². The van der Waals surface area contributed by atoms with Crippen LogP contribution >= 0.6 is 0 Å². The van der Waals surface area contributed by atoms with Crippen molar-refractivity contribution in [1.82, 2.24) is 10.2 Å². The Balaban J connectivity index is 1.60. The van der Waals surface area contributed by atoms with E-state index in [4.69, 9.17) is 4.74 Å². The molecule has 1 saturated heterocycles. The van der Waals surface area contributed by atoms with Crippen LogP contribution in [-0.4, -0.2) is 44.0 Å². The van der Waals surface area contributed by atoms with Gasteiger partial charge < -0.3 is 15.0 Å². The van der Waals surface area contributed by atoms with Crippen LogP contribution < -0.4 is 10.1 Å². The molecule has 3 rings (SSSR count). The normalized spacial score (nSPS) is 14.9. The van der Waals surface area contributed by atoms with Crippen LogP contribution in [0.1, 0.15) is 17.5 Å². The Morgan fingerprint density at radius 1 is 1.14 bits per heavy atom. The first-order chi connectivity index (χ1) is 13.5. The van der Waals surface area contributed by atoms with E-state index >= 15 is 0 Å². The summed E-state index contributed by atoms with van der Waals surface area (Å²) in [5.41, 5.74) is 0.780. The van der Waals surface area contributed by atoms with E-state index in [1.807, 2.05) is 24.3 Å². The zero-order chi connectivity index (χ0) is 20.1. The Hall–Kier alpha value is -2.89. The zero-order valence-corrected chi connectivity index (χ0v) is 16.2. The van der Waals surface area contributed by atoms with Gasteiger partial charge in [-0.1, -0.05) is 30.3 Å². The number of methoxy groups -OCH3 is 1. The third kappa shape index (κ3) is 4.16. The van der Waals surface area contributed by atoms with Crippen LogP contribution in [0, 0.1) is 11.2 Å². The van der Waals surface area contributed by atoms with Gasteiger partial charge in [-0.25, -0.2) is 4.39 Å². The smallest absolute Gasteiger partial charge is 0.229 e. The second-order valence-electron chi connectivity index (χ2n) is 7.23. The quantitative estimate of drug-likeness (QED) is 0.798. The van der Waals surface area contributed by atoms with Crippen molar-refractivity contribution in [3.05, 3.63) is 65.5 Å². The number of hydrogen-bond acceptors (Lipinski definition) is 3. The Morgan fingerprint density at radius 3 is 2.43 bits per heavy atom. The summed E-state index contributed by atoms with van der Waals surface area (Å²) in [6, 6.07) is 14.1. The summed E-state index contributed by atoms with van der Waals surface area (Å²) in [6.45, 7) is 0.616. The number of nitrogens with zero attached hydrogens (tertiary/aromatic N) is 1. The molecule has 28 heavy (non-hydrogen) atoms. The van der Waals surface area contributed by atoms with Gasteiger partial charge in [0.1, 0.15) is 11.6 Å². The zero-order valence-electron chi connectivity index (χ0n) is 16.2.